The number of phenols is 2. The van der Waals surface area contributed by atoms with Crippen molar-refractivity contribution in [2.45, 2.75) is 27.7 Å². The molecule has 0 fully saturated rings. The number of hydrogen-bond donors (Lipinski definition) is 2. The fourth-order valence-corrected chi connectivity index (χ4v) is 2.91. The molecule has 2 aromatic carbocycles. The second kappa shape index (κ2) is 6.23. The van der Waals surface area contributed by atoms with Crippen LogP contribution in [0.2, 0.25) is 0 Å². The van der Waals surface area contributed by atoms with Crippen LogP contribution in [0.3, 0.4) is 0 Å². The van der Waals surface area contributed by atoms with Gasteiger partial charge in [0.25, 0.3) is 0 Å². The van der Waals surface area contributed by atoms with Crippen LogP contribution in [0.4, 0.5) is 0 Å². The second-order valence-corrected chi connectivity index (χ2v) is 6.35. The molecule has 22 heavy (non-hydrogen) atoms. The zero-order valence-corrected chi connectivity index (χ0v) is 14.5. The van der Waals surface area contributed by atoms with E-state index < -0.39 is 0 Å². The lowest BCUT2D eigenvalue weighted by Gasteiger charge is -2.18. The van der Waals surface area contributed by atoms with Gasteiger partial charge in [-0.1, -0.05) is 35.3 Å². The number of benzene rings is 2. The highest BCUT2D eigenvalue weighted by molar-refractivity contribution is 6.59. The van der Waals surface area contributed by atoms with E-state index in [0.717, 1.165) is 33.4 Å². The molecule has 0 spiro atoms. The Labute approximate surface area is 140 Å². The van der Waals surface area contributed by atoms with Crippen LogP contribution in [0.15, 0.2) is 28.8 Å². The van der Waals surface area contributed by atoms with E-state index in [0.29, 0.717) is 5.57 Å². The minimum atomic E-state index is 0.154. The number of rotatable bonds is 2. The van der Waals surface area contributed by atoms with Gasteiger partial charge < -0.3 is 10.2 Å². The Bertz CT molecular complexity index is 714. The van der Waals surface area contributed by atoms with Crippen LogP contribution in [0, 0.1) is 27.7 Å². The molecule has 0 unspecified atom stereocenters. The molecule has 0 aromatic heterocycles. The van der Waals surface area contributed by atoms with Crippen molar-refractivity contribution < 1.29 is 10.2 Å². The summed E-state index contributed by atoms with van der Waals surface area (Å²) in [5.41, 5.74) is 5.84. The van der Waals surface area contributed by atoms with Crippen molar-refractivity contribution in [1.82, 2.24) is 0 Å². The summed E-state index contributed by atoms with van der Waals surface area (Å²) in [5.74, 6) is 0.481. The van der Waals surface area contributed by atoms with Gasteiger partial charge in [-0.3, -0.25) is 0 Å². The van der Waals surface area contributed by atoms with Gasteiger partial charge in [0.05, 0.1) is 0 Å². The van der Waals surface area contributed by atoms with Crippen molar-refractivity contribution >= 4 is 28.8 Å². The van der Waals surface area contributed by atoms with Gasteiger partial charge in [-0.2, -0.15) is 0 Å². The minimum Gasteiger partial charge on any atom is -0.508 e. The summed E-state index contributed by atoms with van der Waals surface area (Å²) in [4.78, 5) is 0. The maximum absolute atomic E-state index is 9.84. The van der Waals surface area contributed by atoms with Crippen LogP contribution in [0.1, 0.15) is 33.4 Å². The smallest absolute Gasteiger partial charge is 0.118 e. The monoisotopic (exact) mass is 336 g/mol. The van der Waals surface area contributed by atoms with Crippen LogP contribution in [0.5, 0.6) is 11.5 Å². The molecule has 2 aromatic rings. The molecule has 0 bridgehead atoms. The van der Waals surface area contributed by atoms with Gasteiger partial charge in [0, 0.05) is 5.57 Å². The van der Waals surface area contributed by atoms with Crippen LogP contribution in [-0.4, -0.2) is 10.2 Å². The second-order valence-electron chi connectivity index (χ2n) is 5.40. The van der Waals surface area contributed by atoms with Crippen LogP contribution in [0.25, 0.3) is 5.57 Å². The first kappa shape index (κ1) is 16.7. The van der Waals surface area contributed by atoms with E-state index in [1.165, 1.54) is 0 Å². The zero-order valence-electron chi connectivity index (χ0n) is 13.0. The van der Waals surface area contributed by atoms with Crippen molar-refractivity contribution in [3.8, 4) is 11.5 Å². The van der Waals surface area contributed by atoms with E-state index in [9.17, 15) is 10.2 Å². The van der Waals surface area contributed by atoms with Crippen molar-refractivity contribution in [3.63, 3.8) is 0 Å². The van der Waals surface area contributed by atoms with Crippen molar-refractivity contribution in [2.75, 3.05) is 0 Å². The summed E-state index contributed by atoms with van der Waals surface area (Å²) in [6.07, 6.45) is 0. The Hall–Kier alpha value is -1.64. The van der Waals surface area contributed by atoms with Crippen molar-refractivity contribution in [1.29, 1.82) is 0 Å². The molecular formula is C18H18Cl2O2. The molecule has 2 rings (SSSR count). The lowest BCUT2D eigenvalue weighted by molar-refractivity contribution is 0.470. The van der Waals surface area contributed by atoms with Gasteiger partial charge in [-0.05, 0) is 73.2 Å². The molecular weight excluding hydrogens is 319 g/mol. The summed E-state index contributed by atoms with van der Waals surface area (Å²) in [6.45, 7) is 7.54. The van der Waals surface area contributed by atoms with Gasteiger partial charge in [-0.15, -0.1) is 0 Å². The molecule has 0 radical (unpaired) electrons. The number of hydrogen-bond acceptors (Lipinski definition) is 2. The molecule has 0 aliphatic rings. The summed E-state index contributed by atoms with van der Waals surface area (Å²) in [7, 11) is 0. The molecule has 0 aliphatic heterocycles. The third kappa shape index (κ3) is 2.81. The summed E-state index contributed by atoms with van der Waals surface area (Å²) in [5, 5.41) is 19.7. The van der Waals surface area contributed by atoms with Crippen LogP contribution < -0.4 is 0 Å². The Kier molecular flexibility index (Phi) is 4.74. The zero-order chi connectivity index (χ0) is 16.6. The van der Waals surface area contributed by atoms with E-state index >= 15 is 0 Å². The summed E-state index contributed by atoms with van der Waals surface area (Å²) < 4.78 is 0.154. The van der Waals surface area contributed by atoms with Crippen molar-refractivity contribution in [2.24, 2.45) is 0 Å². The Balaban J connectivity index is 2.78. The predicted octanol–water partition coefficient (Wildman–Crippen LogP) is 5.53. The Morgan fingerprint density at radius 2 is 1.05 bits per heavy atom. The maximum Gasteiger partial charge on any atom is 0.118 e. The maximum atomic E-state index is 9.84. The predicted molar refractivity (Wildman–Crippen MR) is 92.9 cm³/mol. The van der Waals surface area contributed by atoms with Crippen LogP contribution in [-0.2, 0) is 0 Å². The van der Waals surface area contributed by atoms with E-state index in [1.54, 1.807) is 24.3 Å². The van der Waals surface area contributed by atoms with E-state index in [2.05, 4.69) is 0 Å². The number of aromatic hydroxyl groups is 2. The molecule has 0 saturated heterocycles. The first-order valence-electron chi connectivity index (χ1n) is 6.90. The van der Waals surface area contributed by atoms with Gasteiger partial charge >= 0.3 is 0 Å². The lowest BCUT2D eigenvalue weighted by atomic mass is 9.89. The average molecular weight is 337 g/mol. The molecule has 2 N–H and O–H groups in total. The Morgan fingerprint density at radius 1 is 0.682 bits per heavy atom. The third-order valence-electron chi connectivity index (χ3n) is 4.24. The summed E-state index contributed by atoms with van der Waals surface area (Å²) in [6, 6.07) is 6.88. The van der Waals surface area contributed by atoms with Gasteiger partial charge in [0.1, 0.15) is 16.0 Å². The highest BCUT2D eigenvalue weighted by atomic mass is 35.5. The van der Waals surface area contributed by atoms with E-state index in [-0.39, 0.29) is 16.0 Å². The highest BCUT2D eigenvalue weighted by Crippen LogP contribution is 2.38. The quantitative estimate of drug-likeness (QED) is 0.757. The van der Waals surface area contributed by atoms with Crippen LogP contribution >= 0.6 is 23.2 Å². The van der Waals surface area contributed by atoms with Gasteiger partial charge in [-0.25, -0.2) is 0 Å². The SMILES string of the molecule is Cc1c(O)ccc(C(=C(Cl)Cl)c2ccc(O)c(C)c2C)c1C. The molecule has 0 atom stereocenters. The largest absolute Gasteiger partial charge is 0.508 e. The first-order chi connectivity index (χ1) is 10.3. The van der Waals surface area contributed by atoms with E-state index in [1.807, 2.05) is 27.7 Å². The third-order valence-corrected chi connectivity index (χ3v) is 4.62. The number of phenolic OH excluding ortho intramolecular Hbond substituents is 2. The summed E-state index contributed by atoms with van der Waals surface area (Å²) >= 11 is 12.3. The van der Waals surface area contributed by atoms with E-state index in [4.69, 9.17) is 23.2 Å². The fraction of sp³-hybridized carbons (Fsp3) is 0.222. The number of halogens is 2. The average Bonchev–Trinajstić information content (AvgIpc) is 2.47. The molecule has 2 nitrogen and oxygen atoms in total. The first-order valence-corrected chi connectivity index (χ1v) is 7.65. The molecule has 4 heteroatoms. The fourth-order valence-electron chi connectivity index (χ4n) is 2.50. The Morgan fingerprint density at radius 3 is 1.36 bits per heavy atom. The van der Waals surface area contributed by atoms with Crippen molar-refractivity contribution in [3.05, 3.63) is 62.1 Å². The normalized spacial score (nSPS) is 10.6. The lowest BCUT2D eigenvalue weighted by Crippen LogP contribution is -1.98. The minimum absolute atomic E-state index is 0.154. The molecule has 0 amide bonds. The molecule has 0 saturated carbocycles. The molecule has 116 valence electrons. The van der Waals surface area contributed by atoms with Gasteiger partial charge in [0.2, 0.25) is 0 Å². The molecule has 0 heterocycles. The molecule has 0 aliphatic carbocycles. The highest BCUT2D eigenvalue weighted by Gasteiger charge is 2.18. The standard InChI is InChI=1S/C18H18Cl2O2/c1-9-11(3)15(21)7-5-13(9)17(18(19)20)14-6-8-16(22)12(4)10(14)2/h5-8,21-22H,1-4H3. The topological polar surface area (TPSA) is 40.5 Å². The van der Waals surface area contributed by atoms with Gasteiger partial charge in [0.15, 0.2) is 0 Å².